The first-order valence-corrected chi connectivity index (χ1v) is 10.2. The second-order valence-electron chi connectivity index (χ2n) is 7.36. The molecule has 0 aromatic heterocycles. The van der Waals surface area contributed by atoms with E-state index in [0.717, 1.165) is 11.1 Å². The van der Waals surface area contributed by atoms with E-state index in [2.05, 4.69) is 0 Å². The van der Waals surface area contributed by atoms with Crippen LogP contribution in [0.3, 0.4) is 0 Å². The average Bonchev–Trinajstić information content (AvgIpc) is 2.77. The molecule has 3 atom stereocenters. The van der Waals surface area contributed by atoms with E-state index >= 15 is 0 Å². The van der Waals surface area contributed by atoms with Crippen LogP contribution in [0.4, 0.5) is 4.79 Å². The summed E-state index contributed by atoms with van der Waals surface area (Å²) in [7, 11) is 0. The van der Waals surface area contributed by atoms with Crippen molar-refractivity contribution in [1.29, 1.82) is 0 Å². The van der Waals surface area contributed by atoms with Crippen LogP contribution in [0.15, 0.2) is 66.6 Å². The maximum atomic E-state index is 12.9. The highest BCUT2D eigenvalue weighted by Crippen LogP contribution is 2.35. The molecule has 156 valence electrons. The van der Waals surface area contributed by atoms with Gasteiger partial charge in [0.2, 0.25) is 11.5 Å². The van der Waals surface area contributed by atoms with Gasteiger partial charge in [-0.05, 0) is 43.0 Å². The quantitative estimate of drug-likeness (QED) is 0.657. The lowest BCUT2D eigenvalue weighted by Crippen LogP contribution is -2.43. The maximum absolute atomic E-state index is 12.9. The molecule has 0 saturated heterocycles. The number of carbonyl (C=O) groups excluding carboxylic acids is 2. The molecule has 6 nitrogen and oxygen atoms in total. The first-order valence-electron chi connectivity index (χ1n) is 10.2. The Hall–Kier alpha value is -3.28. The Balaban J connectivity index is 1.38. The Morgan fingerprint density at radius 1 is 1.03 bits per heavy atom. The van der Waals surface area contributed by atoms with E-state index in [0.29, 0.717) is 25.0 Å². The number of ether oxygens (including phenoxy) is 4. The SMILES string of the molecule is CCOC(=O)OC1CCC2C(=O)C(Oc3ccc(-c4ccccc4)cc3)=COC2C1. The van der Waals surface area contributed by atoms with Gasteiger partial charge in [0.15, 0.2) is 0 Å². The number of ketones is 1. The molecule has 0 bridgehead atoms. The molecule has 0 N–H and O–H groups in total. The minimum absolute atomic E-state index is 0.0760. The predicted octanol–water partition coefficient (Wildman–Crippen LogP) is 4.88. The molecular formula is C24H24O6. The fraction of sp³-hybridized carbons (Fsp3) is 0.333. The minimum Gasteiger partial charge on any atom is -0.493 e. The van der Waals surface area contributed by atoms with Gasteiger partial charge in [-0.3, -0.25) is 4.79 Å². The molecule has 2 aromatic rings. The van der Waals surface area contributed by atoms with Crippen molar-refractivity contribution in [3.8, 4) is 16.9 Å². The summed E-state index contributed by atoms with van der Waals surface area (Å²) < 4.78 is 21.7. The van der Waals surface area contributed by atoms with E-state index in [4.69, 9.17) is 18.9 Å². The molecule has 1 aliphatic heterocycles. The molecule has 1 fully saturated rings. The van der Waals surface area contributed by atoms with E-state index in [9.17, 15) is 9.59 Å². The fourth-order valence-corrected chi connectivity index (χ4v) is 3.88. The Bertz CT molecular complexity index is 918. The van der Waals surface area contributed by atoms with Gasteiger partial charge in [-0.1, -0.05) is 42.5 Å². The summed E-state index contributed by atoms with van der Waals surface area (Å²) in [6, 6.07) is 17.6. The number of benzene rings is 2. The Morgan fingerprint density at radius 3 is 2.50 bits per heavy atom. The molecule has 0 spiro atoms. The van der Waals surface area contributed by atoms with Crippen LogP contribution < -0.4 is 4.74 Å². The summed E-state index contributed by atoms with van der Waals surface area (Å²) >= 11 is 0. The molecule has 1 saturated carbocycles. The Kier molecular flexibility index (Phi) is 6.02. The summed E-state index contributed by atoms with van der Waals surface area (Å²) in [4.78, 5) is 24.4. The van der Waals surface area contributed by atoms with Crippen LogP contribution in [-0.2, 0) is 19.0 Å². The highest BCUT2D eigenvalue weighted by Gasteiger charge is 2.42. The van der Waals surface area contributed by atoms with Gasteiger partial charge in [-0.15, -0.1) is 0 Å². The maximum Gasteiger partial charge on any atom is 0.508 e. The highest BCUT2D eigenvalue weighted by atomic mass is 16.7. The van der Waals surface area contributed by atoms with Gasteiger partial charge in [0, 0.05) is 6.42 Å². The van der Waals surface area contributed by atoms with E-state index in [-0.39, 0.29) is 36.3 Å². The van der Waals surface area contributed by atoms with Crippen molar-refractivity contribution in [2.45, 2.75) is 38.4 Å². The molecule has 0 amide bonds. The minimum atomic E-state index is -0.679. The van der Waals surface area contributed by atoms with Gasteiger partial charge < -0.3 is 18.9 Å². The third-order valence-electron chi connectivity index (χ3n) is 5.39. The normalized spacial score (nSPS) is 22.9. The van der Waals surface area contributed by atoms with Crippen LogP contribution in [0.2, 0.25) is 0 Å². The van der Waals surface area contributed by atoms with Crippen LogP contribution in [0.5, 0.6) is 5.75 Å². The van der Waals surface area contributed by atoms with Crippen molar-refractivity contribution in [3.05, 3.63) is 66.6 Å². The van der Waals surface area contributed by atoms with E-state index in [1.807, 2.05) is 54.6 Å². The largest absolute Gasteiger partial charge is 0.508 e. The lowest BCUT2D eigenvalue weighted by molar-refractivity contribution is -0.132. The van der Waals surface area contributed by atoms with Crippen LogP contribution >= 0.6 is 0 Å². The van der Waals surface area contributed by atoms with Gasteiger partial charge in [-0.2, -0.15) is 0 Å². The Morgan fingerprint density at radius 2 is 1.77 bits per heavy atom. The van der Waals surface area contributed by atoms with Crippen LogP contribution in [0.1, 0.15) is 26.2 Å². The first-order chi connectivity index (χ1) is 14.6. The zero-order valence-electron chi connectivity index (χ0n) is 16.8. The van der Waals surface area contributed by atoms with Crippen molar-refractivity contribution in [2.75, 3.05) is 6.61 Å². The van der Waals surface area contributed by atoms with Gasteiger partial charge >= 0.3 is 6.16 Å². The van der Waals surface area contributed by atoms with Crippen molar-refractivity contribution >= 4 is 11.9 Å². The first kappa shape index (κ1) is 20.0. The van der Waals surface area contributed by atoms with Gasteiger partial charge in [0.1, 0.15) is 24.2 Å². The lowest BCUT2D eigenvalue weighted by atomic mass is 9.80. The average molecular weight is 408 g/mol. The molecule has 1 aliphatic carbocycles. The molecule has 6 heteroatoms. The molecule has 0 radical (unpaired) electrons. The van der Waals surface area contributed by atoms with Crippen molar-refractivity contribution < 1.29 is 28.5 Å². The number of fused-ring (bicyclic) bond motifs is 1. The summed E-state index contributed by atoms with van der Waals surface area (Å²) in [5.41, 5.74) is 2.19. The number of Topliss-reactive ketones (excluding diaryl/α,β-unsaturated/α-hetero) is 1. The lowest BCUT2D eigenvalue weighted by Gasteiger charge is -2.36. The second kappa shape index (κ2) is 9.03. The monoisotopic (exact) mass is 408 g/mol. The molecular weight excluding hydrogens is 384 g/mol. The molecule has 3 unspecified atom stereocenters. The number of hydrogen-bond donors (Lipinski definition) is 0. The highest BCUT2D eigenvalue weighted by molar-refractivity contribution is 5.96. The van der Waals surface area contributed by atoms with Gasteiger partial charge in [0.05, 0.1) is 12.5 Å². The van der Waals surface area contributed by atoms with Gasteiger partial charge in [-0.25, -0.2) is 4.79 Å². The van der Waals surface area contributed by atoms with Gasteiger partial charge in [0.25, 0.3) is 0 Å². The number of allylic oxidation sites excluding steroid dienone is 1. The summed E-state index contributed by atoms with van der Waals surface area (Å²) in [6.45, 7) is 1.99. The molecule has 1 heterocycles. The predicted molar refractivity (Wildman–Crippen MR) is 110 cm³/mol. The van der Waals surface area contributed by atoms with E-state index in [1.54, 1.807) is 6.92 Å². The molecule has 2 aliphatic rings. The van der Waals surface area contributed by atoms with Crippen molar-refractivity contribution in [1.82, 2.24) is 0 Å². The summed E-state index contributed by atoms with van der Waals surface area (Å²) in [5.74, 6) is 0.410. The fourth-order valence-electron chi connectivity index (χ4n) is 3.88. The Labute approximate surface area is 175 Å². The third kappa shape index (κ3) is 4.48. The van der Waals surface area contributed by atoms with Crippen LogP contribution in [0, 0.1) is 5.92 Å². The van der Waals surface area contributed by atoms with Crippen molar-refractivity contribution in [3.63, 3.8) is 0 Å². The zero-order valence-corrected chi connectivity index (χ0v) is 16.8. The smallest absolute Gasteiger partial charge is 0.493 e. The van der Waals surface area contributed by atoms with Crippen molar-refractivity contribution in [2.24, 2.45) is 5.92 Å². The van der Waals surface area contributed by atoms with E-state index < -0.39 is 6.16 Å². The molecule has 4 rings (SSSR count). The standard InChI is InChI=1S/C24H24O6/c1-2-27-24(26)30-19-12-13-20-21(14-19)28-15-22(23(20)25)29-18-10-8-17(9-11-18)16-6-4-3-5-7-16/h3-11,15,19-21H,2,12-14H2,1H3. The topological polar surface area (TPSA) is 71.1 Å². The zero-order chi connectivity index (χ0) is 20.9. The molecule has 30 heavy (non-hydrogen) atoms. The summed E-state index contributed by atoms with van der Waals surface area (Å²) in [6.07, 6.45) is 1.70. The number of hydrogen-bond acceptors (Lipinski definition) is 6. The van der Waals surface area contributed by atoms with Crippen LogP contribution in [0.25, 0.3) is 11.1 Å². The summed E-state index contributed by atoms with van der Waals surface area (Å²) in [5, 5.41) is 0. The number of rotatable bonds is 5. The molecule has 2 aromatic carbocycles. The second-order valence-corrected chi connectivity index (χ2v) is 7.36. The number of carbonyl (C=O) groups is 2. The van der Waals surface area contributed by atoms with E-state index in [1.165, 1.54) is 6.26 Å². The third-order valence-corrected chi connectivity index (χ3v) is 5.39. The van der Waals surface area contributed by atoms with Crippen LogP contribution in [-0.4, -0.2) is 30.8 Å².